The molecule has 2 aromatic heterocycles. The Morgan fingerprint density at radius 3 is 2.32 bits per heavy atom. The van der Waals surface area contributed by atoms with Crippen LogP contribution in [0.2, 0.25) is 0 Å². The summed E-state index contributed by atoms with van der Waals surface area (Å²) in [6.07, 6.45) is 1.39. The van der Waals surface area contributed by atoms with E-state index >= 15 is 0 Å². The molecule has 0 radical (unpaired) electrons. The average molecular weight is 1710 g/mol. The molecule has 2 amide bonds. The van der Waals surface area contributed by atoms with E-state index in [2.05, 4.69) is 56.4 Å². The lowest BCUT2D eigenvalue weighted by molar-refractivity contribution is -0.250. The number of aromatic nitrogens is 3. The third-order valence-electron chi connectivity index (χ3n) is 16.6. The molecule has 0 spiro atoms. The quantitative estimate of drug-likeness (QED) is 0.00252. The molecule has 38 nitrogen and oxygen atoms in total. The third kappa shape index (κ3) is 24.6. The fraction of sp³-hybridized carbons (Fsp3) is 0.406. The van der Waals surface area contributed by atoms with E-state index < -0.39 is 128 Å². The van der Waals surface area contributed by atoms with Crippen molar-refractivity contribution >= 4 is 128 Å². The van der Waals surface area contributed by atoms with Gasteiger partial charge in [0.1, 0.15) is 66.5 Å². The van der Waals surface area contributed by atoms with Crippen molar-refractivity contribution in [3.8, 4) is 29.1 Å². The number of benzene rings is 4. The van der Waals surface area contributed by atoms with Gasteiger partial charge in [-0.2, -0.15) is 0 Å². The van der Waals surface area contributed by atoms with Gasteiger partial charge in [0.05, 0.1) is 97.2 Å². The summed E-state index contributed by atoms with van der Waals surface area (Å²) in [5.74, 6) is 1.36. The second kappa shape index (κ2) is 36.4. The molecular weight excluding hydrogens is 1640 g/mol. The van der Waals surface area contributed by atoms with Crippen molar-refractivity contribution in [1.29, 1.82) is 0 Å². The largest absolute Gasteiger partial charge is 0.756 e. The van der Waals surface area contributed by atoms with Gasteiger partial charge in [-0.05, 0) is 98.8 Å². The summed E-state index contributed by atoms with van der Waals surface area (Å²) < 4.78 is 158. The van der Waals surface area contributed by atoms with Crippen LogP contribution in [0.25, 0.3) is 38.2 Å². The first-order valence-corrected chi connectivity index (χ1v) is 43.8. The van der Waals surface area contributed by atoms with E-state index in [4.69, 9.17) is 48.6 Å². The summed E-state index contributed by atoms with van der Waals surface area (Å²) in [7, 11) is -25.0. The number of azide groups is 1. The molecule has 45 heteroatoms. The Labute approximate surface area is 661 Å². The van der Waals surface area contributed by atoms with Crippen LogP contribution in [-0.2, 0) is 70.8 Å². The number of hydrogen-bond donors (Lipinski definition) is 6. The van der Waals surface area contributed by atoms with Crippen LogP contribution < -0.4 is 56.4 Å². The lowest BCUT2D eigenvalue weighted by atomic mass is 9.83. The number of phosphoric ester groups is 1. The van der Waals surface area contributed by atoms with Gasteiger partial charge in [0, 0.05) is 91.7 Å². The monoisotopic (exact) mass is 1710 g/mol. The van der Waals surface area contributed by atoms with Crippen molar-refractivity contribution in [3.63, 3.8) is 0 Å². The zero-order chi connectivity index (χ0) is 82.4. The number of fused-ring (bicyclic) bond motifs is 5. The maximum absolute atomic E-state index is 14.2. The molecule has 4 unspecified atom stereocenters. The van der Waals surface area contributed by atoms with Crippen LogP contribution in [0.3, 0.4) is 0 Å². The first kappa shape index (κ1) is 89.5. The first-order valence-electron chi connectivity index (χ1n) is 33.9. The number of aromatic carboxylic acids is 1. The summed E-state index contributed by atoms with van der Waals surface area (Å²) in [6.45, 7) is 10.6. The number of nitrogen functional groups attached to an aromatic ring is 1. The van der Waals surface area contributed by atoms with Crippen molar-refractivity contribution in [2.45, 2.75) is 116 Å². The lowest BCUT2D eigenvalue weighted by Crippen LogP contribution is -2.33. The van der Waals surface area contributed by atoms with E-state index in [0.717, 1.165) is 0 Å². The number of carbonyl (C=O) groups is 4. The van der Waals surface area contributed by atoms with Crippen LogP contribution in [0.4, 0.5) is 11.5 Å². The highest BCUT2D eigenvalue weighted by molar-refractivity contribution is 8.77. The molecule has 6 aromatic rings. The molecule has 1 saturated heterocycles. The molecule has 0 saturated carbocycles. The molecule has 6 heterocycles. The minimum Gasteiger partial charge on any atom is -0.756 e. The number of rotatable bonds is 35. The summed E-state index contributed by atoms with van der Waals surface area (Å²) in [5.41, 5.74) is 15.5. The van der Waals surface area contributed by atoms with Gasteiger partial charge in [-0.25, -0.2) is 40.2 Å². The normalized spacial score (nSPS) is 18.5. The van der Waals surface area contributed by atoms with Crippen molar-refractivity contribution in [2.75, 3.05) is 74.6 Å². The Balaban J connectivity index is 0.0000149. The number of nitrogens with zero attached hydrogens (tertiary/aromatic N) is 7. The van der Waals surface area contributed by atoms with Gasteiger partial charge in [0.15, 0.2) is 12.0 Å². The van der Waals surface area contributed by atoms with Gasteiger partial charge in [-0.15, -0.1) is 0 Å². The summed E-state index contributed by atoms with van der Waals surface area (Å²) in [4.78, 5) is 114. The molecule has 614 valence electrons. The fourth-order valence-electron chi connectivity index (χ4n) is 12.3. The molecule has 0 aliphatic carbocycles. The number of phosphoric acid groups is 3. The van der Waals surface area contributed by atoms with Crippen molar-refractivity contribution in [1.82, 2.24) is 25.2 Å². The van der Waals surface area contributed by atoms with Crippen LogP contribution in [-0.4, -0.2) is 172 Å². The number of nitrogens with two attached hydrogens (primary N) is 1. The number of Topliss-reactive ketones (excluding diaryl/α,β-unsaturated/α-hetero) is 1. The Kier molecular flexibility index (Phi) is 28.6. The second-order valence-corrected chi connectivity index (χ2v) is 37.8. The number of hydrogen-bond acceptors (Lipinski definition) is 33. The van der Waals surface area contributed by atoms with E-state index in [1.807, 2.05) is 20.8 Å². The van der Waals surface area contributed by atoms with E-state index in [1.165, 1.54) is 105 Å². The number of carbonyl (C=O) groups excluding carboxylic acids is 3. The number of anilines is 2. The number of carboxylic acid groups (broad SMARTS) is 1. The average Bonchev–Trinajstić information content (AvgIpc) is 1.39. The molecule has 1 fully saturated rings. The van der Waals surface area contributed by atoms with E-state index in [9.17, 15) is 84.1 Å². The summed E-state index contributed by atoms with van der Waals surface area (Å²) in [5, 5.41) is 23.7. The molecule has 0 bridgehead atoms. The highest BCUT2D eigenvalue weighted by atomic mass is 33.1. The zero-order valence-corrected chi connectivity index (χ0v) is 66.9. The van der Waals surface area contributed by atoms with Crippen LogP contribution in [0.5, 0.6) is 17.2 Å². The Morgan fingerprint density at radius 2 is 1.63 bits per heavy atom. The topological polar surface area (TPSA) is 581 Å². The number of ether oxygens (including phenoxy) is 6. The van der Waals surface area contributed by atoms with Crippen LogP contribution >= 0.6 is 45.1 Å². The lowest BCUT2D eigenvalue weighted by Gasteiger charge is -2.34. The smallest absolute Gasteiger partial charge is 0.336 e. The highest BCUT2D eigenvalue weighted by Crippen LogP contribution is 2.62. The molecule has 114 heavy (non-hydrogen) atoms. The van der Waals surface area contributed by atoms with Gasteiger partial charge in [0.2, 0.25) is 5.91 Å². The Bertz CT molecular complexity index is 5480. The Morgan fingerprint density at radius 1 is 0.904 bits per heavy atom. The highest BCUT2D eigenvalue weighted by Gasteiger charge is 2.41. The van der Waals surface area contributed by atoms with E-state index in [0.29, 0.717) is 5.69 Å². The van der Waals surface area contributed by atoms with Gasteiger partial charge >= 0.3 is 5.97 Å². The van der Waals surface area contributed by atoms with E-state index in [1.54, 1.807) is 39.8 Å². The molecule has 10 rings (SSSR count). The number of amides is 2. The van der Waals surface area contributed by atoms with Gasteiger partial charge in [-0.1, -0.05) is 91.0 Å². The van der Waals surface area contributed by atoms with Crippen molar-refractivity contribution in [2.24, 2.45) is 10.1 Å². The summed E-state index contributed by atoms with van der Waals surface area (Å²) >= 11 is 0. The fourth-order valence-corrected chi connectivity index (χ4v) is 18.5. The van der Waals surface area contributed by atoms with Crippen molar-refractivity contribution in [3.05, 3.63) is 157 Å². The number of nitrogens with one attached hydrogen (secondary N) is 3. The SMILES string of the molecule is C.CC1(C)C=C(CS(=O)(=O)[O-])c2cc3c(cc2=N1)Oc1cc2c(cc1C=3c1cc(C(=O)CCCNC(=O)c3cccc(OCC(N=[N+]=[N-])OCCOCC(=O)NCC#Cc4cn([C@H]5C[C@@H](OCSSC(C)(C)C)[C@@H](COP(=O)([O-])OP(=O)([O-])OP(=O)([O-])O)O5)c5ncnc(N)c45)c3)ccc1C(=O)O)C(CS(=O)(=O)[O-])=CC(C)(C)N2. The minimum atomic E-state index is -6.20. The molecule has 4 aliphatic rings. The maximum Gasteiger partial charge on any atom is 0.336 e. The summed E-state index contributed by atoms with van der Waals surface area (Å²) in [6, 6.07) is 16.0. The Hall–Kier alpha value is -8.43. The first-order chi connectivity index (χ1) is 52.8. The number of carboxylic acids is 1. The van der Waals surface area contributed by atoms with E-state index in [-0.39, 0.29) is 176 Å². The van der Waals surface area contributed by atoms with Crippen LogP contribution in [0, 0.1) is 11.8 Å². The van der Waals surface area contributed by atoms with Crippen molar-refractivity contribution < 1.29 is 125 Å². The molecule has 7 atom stereocenters. The zero-order valence-electron chi connectivity index (χ0n) is 60.9. The predicted molar refractivity (Wildman–Crippen MR) is 408 cm³/mol. The van der Waals surface area contributed by atoms with Gasteiger partial charge < -0.3 is 93.0 Å². The third-order valence-corrected chi connectivity index (χ3v) is 24.6. The van der Waals surface area contributed by atoms with Crippen LogP contribution in [0.1, 0.15) is 140 Å². The minimum absolute atomic E-state index is 0. The molecular formula is C69H77N11O27P3S4-5. The maximum atomic E-state index is 14.2. The molecule has 7 N–H and O–H groups in total. The molecule has 4 aromatic carbocycles. The standard InChI is InChI=1S/C68H78N11O27P3S4.CH4/c1-66(2,3)111-110-37-101-55-27-59(104-56(55)31-102-108(88,89)106-109(90,91)105-107(85,86)87)79-30-40(60-62(69)73-36-74-63(60)79)12-9-17-71-57(81)32-98-19-20-99-58(77-78-70)33-100-43-13-8-11-39(21-43)64(82)72-18-10-14-52(80)38-15-16-44(65(83)84)47(22-38)61-48-23-45-41(34-112(92,93)94)28-67(4,5)75-50(45)25-53(48)103-54-26-51-46(24-49(54)61)42(35-113(95,96)97)29-68(6,7)76-51;/h8,11,13,15-16,21-26,28-30,36,55-56,58-59,75H,10,14,17-20,27,31-35,37H2,1-7H3,(H,71,81)(H,72,82)(H,83,84)(H,88,89)(H,90,91)(H2,69,73,74)(H2,85,86,87)(H,92,93,94)(H,95,96,97);1H4/p-5/t55-,56-,58?,59-;/m1./s1. The number of ketones is 1. The second-order valence-electron chi connectivity index (χ2n) is 27.7. The van der Waals surface area contributed by atoms with Crippen LogP contribution in [0.15, 0.2) is 102 Å². The van der Waals surface area contributed by atoms with Gasteiger partial charge in [0.25, 0.3) is 29.4 Å². The predicted octanol–water partition coefficient (Wildman–Crippen LogP) is 6.04. The molecule has 4 aliphatic heterocycles. The van der Waals surface area contributed by atoms with Gasteiger partial charge in [-0.3, -0.25) is 33.1 Å².